The molecule has 0 aromatic heterocycles. The third-order valence-corrected chi connectivity index (χ3v) is 4.16. The molecular weight excluding hydrogens is 225 g/mol. The molecule has 1 heterocycles. The van der Waals surface area contributed by atoms with E-state index in [2.05, 4.69) is 25.7 Å². The summed E-state index contributed by atoms with van der Waals surface area (Å²) in [7, 11) is 0. The van der Waals surface area contributed by atoms with E-state index in [9.17, 15) is 4.39 Å². The molecule has 0 N–H and O–H groups in total. The van der Waals surface area contributed by atoms with Crippen LogP contribution in [0.15, 0.2) is 24.3 Å². The quantitative estimate of drug-likeness (QED) is 0.763. The van der Waals surface area contributed by atoms with E-state index in [1.54, 1.807) is 12.1 Å². The zero-order valence-electron chi connectivity index (χ0n) is 11.7. The van der Waals surface area contributed by atoms with Gasteiger partial charge in [0.05, 0.1) is 0 Å². The summed E-state index contributed by atoms with van der Waals surface area (Å²) in [6, 6.07) is 7.12. The maximum Gasteiger partial charge on any atom is 0.127 e. The molecule has 0 spiro atoms. The molecule has 1 saturated heterocycles. The highest BCUT2D eigenvalue weighted by molar-refractivity contribution is 5.17. The lowest BCUT2D eigenvalue weighted by atomic mass is 9.75. The Morgan fingerprint density at radius 3 is 2.33 bits per heavy atom. The van der Waals surface area contributed by atoms with Crippen LogP contribution in [-0.2, 0) is 6.54 Å². The van der Waals surface area contributed by atoms with Crippen LogP contribution < -0.4 is 0 Å². The van der Waals surface area contributed by atoms with Crippen LogP contribution in [0, 0.1) is 17.2 Å². The van der Waals surface area contributed by atoms with E-state index >= 15 is 0 Å². The summed E-state index contributed by atoms with van der Waals surface area (Å²) < 4.78 is 13.6. The molecule has 2 rings (SSSR count). The lowest BCUT2D eigenvalue weighted by Gasteiger charge is -2.38. The topological polar surface area (TPSA) is 3.24 Å². The molecule has 100 valence electrons. The third kappa shape index (κ3) is 3.32. The number of hydrogen-bond acceptors (Lipinski definition) is 1. The van der Waals surface area contributed by atoms with E-state index < -0.39 is 0 Å². The number of rotatable bonds is 2. The fraction of sp³-hybridized carbons (Fsp3) is 0.625. The maximum atomic E-state index is 13.6. The normalized spacial score (nSPS) is 19.1. The first-order valence-electron chi connectivity index (χ1n) is 6.92. The van der Waals surface area contributed by atoms with Crippen molar-refractivity contribution in [2.75, 3.05) is 13.1 Å². The molecule has 1 aliphatic heterocycles. The first-order valence-corrected chi connectivity index (χ1v) is 6.92. The molecule has 0 unspecified atom stereocenters. The Hall–Kier alpha value is -0.890. The number of benzene rings is 1. The highest BCUT2D eigenvalue weighted by Crippen LogP contribution is 2.34. The van der Waals surface area contributed by atoms with Crippen molar-refractivity contribution in [1.29, 1.82) is 0 Å². The fourth-order valence-corrected chi connectivity index (χ4v) is 2.82. The van der Waals surface area contributed by atoms with Crippen molar-refractivity contribution in [3.8, 4) is 0 Å². The Morgan fingerprint density at radius 2 is 1.78 bits per heavy atom. The highest BCUT2D eigenvalue weighted by Gasteiger charge is 2.28. The lowest BCUT2D eigenvalue weighted by Crippen LogP contribution is -2.37. The summed E-state index contributed by atoms with van der Waals surface area (Å²) in [6.07, 6.45) is 2.47. The van der Waals surface area contributed by atoms with Gasteiger partial charge in [-0.2, -0.15) is 0 Å². The zero-order chi connectivity index (χ0) is 13.2. The van der Waals surface area contributed by atoms with Gasteiger partial charge in [-0.25, -0.2) is 4.39 Å². The Labute approximate surface area is 110 Å². The molecule has 0 amide bonds. The van der Waals surface area contributed by atoms with Gasteiger partial charge < -0.3 is 0 Å². The largest absolute Gasteiger partial charge is 0.299 e. The van der Waals surface area contributed by atoms with Crippen molar-refractivity contribution >= 4 is 0 Å². The molecule has 18 heavy (non-hydrogen) atoms. The van der Waals surface area contributed by atoms with Gasteiger partial charge in [0, 0.05) is 12.1 Å². The van der Waals surface area contributed by atoms with E-state index in [4.69, 9.17) is 0 Å². The van der Waals surface area contributed by atoms with Crippen molar-refractivity contribution in [2.45, 2.75) is 40.2 Å². The Morgan fingerprint density at radius 1 is 1.17 bits per heavy atom. The van der Waals surface area contributed by atoms with Crippen molar-refractivity contribution in [3.05, 3.63) is 35.6 Å². The molecule has 1 nitrogen and oxygen atoms in total. The Balaban J connectivity index is 1.90. The van der Waals surface area contributed by atoms with Crippen molar-refractivity contribution in [2.24, 2.45) is 11.3 Å². The highest BCUT2D eigenvalue weighted by atomic mass is 19.1. The van der Waals surface area contributed by atoms with Gasteiger partial charge in [0.2, 0.25) is 0 Å². The molecule has 1 fully saturated rings. The third-order valence-electron chi connectivity index (χ3n) is 4.16. The van der Waals surface area contributed by atoms with Gasteiger partial charge in [0.1, 0.15) is 5.82 Å². The molecule has 1 aromatic carbocycles. The van der Waals surface area contributed by atoms with E-state index in [1.165, 1.54) is 12.8 Å². The SMILES string of the molecule is CC(C)(C)C1CCN(Cc2ccccc2F)CC1. The first-order chi connectivity index (χ1) is 8.47. The summed E-state index contributed by atoms with van der Waals surface area (Å²) in [5.41, 5.74) is 1.23. The molecule has 0 radical (unpaired) electrons. The maximum absolute atomic E-state index is 13.6. The molecule has 0 saturated carbocycles. The van der Waals surface area contributed by atoms with Crippen LogP contribution in [0.25, 0.3) is 0 Å². The van der Waals surface area contributed by atoms with Crippen LogP contribution in [0.1, 0.15) is 39.2 Å². The summed E-state index contributed by atoms with van der Waals surface area (Å²) >= 11 is 0. The minimum atomic E-state index is -0.0737. The van der Waals surface area contributed by atoms with Crippen LogP contribution in [0.2, 0.25) is 0 Å². The van der Waals surface area contributed by atoms with Gasteiger partial charge in [0.25, 0.3) is 0 Å². The van der Waals surface area contributed by atoms with E-state index in [1.807, 2.05) is 12.1 Å². The van der Waals surface area contributed by atoms with Crippen molar-refractivity contribution < 1.29 is 4.39 Å². The minimum absolute atomic E-state index is 0.0737. The van der Waals surface area contributed by atoms with E-state index in [0.717, 1.165) is 31.1 Å². The van der Waals surface area contributed by atoms with Gasteiger partial charge in [-0.1, -0.05) is 39.0 Å². The standard InChI is InChI=1S/C16H24FN/c1-16(2,3)14-8-10-18(11-9-14)12-13-6-4-5-7-15(13)17/h4-7,14H,8-12H2,1-3H3. The molecule has 0 atom stereocenters. The van der Waals surface area contributed by atoms with Crippen molar-refractivity contribution in [3.63, 3.8) is 0 Å². The number of likely N-dealkylation sites (tertiary alicyclic amines) is 1. The van der Waals surface area contributed by atoms with Crippen LogP contribution in [-0.4, -0.2) is 18.0 Å². The molecule has 0 bridgehead atoms. The summed E-state index contributed by atoms with van der Waals surface area (Å²) in [6.45, 7) is 9.91. The predicted octanol–water partition coefficient (Wildman–Crippen LogP) is 4.08. The van der Waals surface area contributed by atoms with Gasteiger partial charge in [-0.3, -0.25) is 4.90 Å². The van der Waals surface area contributed by atoms with Crippen LogP contribution >= 0.6 is 0 Å². The van der Waals surface area contributed by atoms with Gasteiger partial charge >= 0.3 is 0 Å². The average Bonchev–Trinajstić information content (AvgIpc) is 2.32. The van der Waals surface area contributed by atoms with Crippen LogP contribution in [0.4, 0.5) is 4.39 Å². The molecule has 0 aliphatic carbocycles. The van der Waals surface area contributed by atoms with E-state index in [0.29, 0.717) is 5.41 Å². The molecular formula is C16H24FN. The molecule has 1 aliphatic rings. The Kier molecular flexibility index (Phi) is 4.06. The zero-order valence-corrected chi connectivity index (χ0v) is 11.7. The summed E-state index contributed by atoms with van der Waals surface area (Å²) in [5, 5.41) is 0. The average molecular weight is 249 g/mol. The number of piperidine rings is 1. The van der Waals surface area contributed by atoms with Gasteiger partial charge in [0.15, 0.2) is 0 Å². The second-order valence-electron chi connectivity index (χ2n) is 6.51. The summed E-state index contributed by atoms with van der Waals surface area (Å²) in [5.74, 6) is 0.727. The Bertz CT molecular complexity index is 386. The van der Waals surface area contributed by atoms with E-state index in [-0.39, 0.29) is 5.82 Å². The predicted molar refractivity (Wildman–Crippen MR) is 73.9 cm³/mol. The first kappa shape index (κ1) is 13.5. The van der Waals surface area contributed by atoms with Crippen molar-refractivity contribution in [1.82, 2.24) is 4.90 Å². The number of halogens is 1. The molecule has 1 aromatic rings. The van der Waals surface area contributed by atoms with Crippen LogP contribution in [0.3, 0.4) is 0 Å². The number of hydrogen-bond donors (Lipinski definition) is 0. The fourth-order valence-electron chi connectivity index (χ4n) is 2.82. The molecule has 2 heteroatoms. The minimum Gasteiger partial charge on any atom is -0.299 e. The van der Waals surface area contributed by atoms with Crippen LogP contribution in [0.5, 0.6) is 0 Å². The second kappa shape index (κ2) is 5.40. The lowest BCUT2D eigenvalue weighted by molar-refractivity contribution is 0.107. The van der Waals surface area contributed by atoms with Gasteiger partial charge in [-0.05, 0) is 43.3 Å². The van der Waals surface area contributed by atoms with Gasteiger partial charge in [-0.15, -0.1) is 0 Å². The second-order valence-corrected chi connectivity index (χ2v) is 6.51. The smallest absolute Gasteiger partial charge is 0.127 e. The number of nitrogens with zero attached hydrogens (tertiary/aromatic N) is 1. The summed E-state index contributed by atoms with van der Waals surface area (Å²) in [4.78, 5) is 2.38. The monoisotopic (exact) mass is 249 g/mol.